The number of ether oxygens (including phenoxy) is 1. The molecule has 36 heavy (non-hydrogen) atoms. The summed E-state index contributed by atoms with van der Waals surface area (Å²) in [6.45, 7) is 5.10. The lowest BCUT2D eigenvalue weighted by molar-refractivity contribution is -0.138. The van der Waals surface area contributed by atoms with Crippen molar-refractivity contribution < 1.29 is 18.3 Å². The molecular weight excluding hydrogens is 482 g/mol. The fourth-order valence-electron chi connectivity index (χ4n) is 4.60. The van der Waals surface area contributed by atoms with Gasteiger partial charge in [-0.1, -0.05) is 6.92 Å². The van der Waals surface area contributed by atoms with Crippen LogP contribution in [0.1, 0.15) is 29.5 Å². The summed E-state index contributed by atoms with van der Waals surface area (Å²) in [6.07, 6.45) is 2.27. The van der Waals surface area contributed by atoms with Gasteiger partial charge in [0.15, 0.2) is 0 Å². The fourth-order valence-corrected chi connectivity index (χ4v) is 5.39. The third-order valence-electron chi connectivity index (χ3n) is 6.38. The number of carbonyl (C=O) groups is 1. The number of thiophene rings is 1. The Hall–Kier alpha value is -3.61. The summed E-state index contributed by atoms with van der Waals surface area (Å²) in [4.78, 5) is 19.7. The number of benzene rings is 1. The lowest BCUT2D eigenvalue weighted by Gasteiger charge is -2.33. The number of hydrogen-bond donors (Lipinski definition) is 0. The highest BCUT2D eigenvalue weighted by molar-refractivity contribution is 7.16. The van der Waals surface area contributed by atoms with E-state index in [9.17, 15) is 4.79 Å². The van der Waals surface area contributed by atoms with Gasteiger partial charge >= 0.3 is 0 Å². The van der Waals surface area contributed by atoms with Crippen LogP contribution in [0.15, 0.2) is 42.6 Å². The van der Waals surface area contributed by atoms with Crippen LogP contribution in [0.4, 0.5) is 8.78 Å². The molecule has 1 saturated heterocycles. The number of hydrogen-bond acceptors (Lipinski definition) is 5. The highest BCUT2D eigenvalue weighted by atomic mass is 32.1. The standard InChI is InChI=1S/C27H24F2N4O2S/c1-3-25(34)32-8-9-35-18(15-32)13-22-27(31-24-10-16(2)6-7-33(22)24)26-20(28)11-17(12-21(26)29)23-5-4-19(14-30)36-23/h4-7,10-12,18H,3,8-9,13,15H2,1-2H3. The Morgan fingerprint density at radius 1 is 1.25 bits per heavy atom. The molecule has 1 aliphatic rings. The fraction of sp³-hybridized carbons (Fsp3) is 0.296. The molecule has 6 nitrogen and oxygen atoms in total. The van der Waals surface area contributed by atoms with Gasteiger partial charge in [0.25, 0.3) is 0 Å². The molecule has 1 unspecified atom stereocenters. The summed E-state index contributed by atoms with van der Waals surface area (Å²) in [6, 6.07) is 11.7. The molecule has 0 aliphatic carbocycles. The normalized spacial score (nSPS) is 15.9. The number of imidazole rings is 1. The molecule has 9 heteroatoms. The van der Waals surface area contributed by atoms with Gasteiger partial charge in [0.1, 0.15) is 28.2 Å². The lowest BCUT2D eigenvalue weighted by Crippen LogP contribution is -2.46. The Kier molecular flexibility index (Phi) is 6.56. The third kappa shape index (κ3) is 4.50. The maximum absolute atomic E-state index is 15.5. The molecular formula is C27H24F2N4O2S. The van der Waals surface area contributed by atoms with Crippen LogP contribution in [0, 0.1) is 29.9 Å². The largest absolute Gasteiger partial charge is 0.374 e. The summed E-state index contributed by atoms with van der Waals surface area (Å²) in [5, 5.41) is 9.08. The quantitative estimate of drug-likeness (QED) is 0.365. The molecule has 0 bridgehead atoms. The van der Waals surface area contributed by atoms with Gasteiger partial charge in [-0.05, 0) is 54.4 Å². The minimum absolute atomic E-state index is 0.0538. The minimum atomic E-state index is -0.731. The van der Waals surface area contributed by atoms with Gasteiger partial charge in [0.05, 0.1) is 29.7 Å². The van der Waals surface area contributed by atoms with Crippen molar-refractivity contribution in [1.82, 2.24) is 14.3 Å². The van der Waals surface area contributed by atoms with Crippen LogP contribution < -0.4 is 0 Å². The molecule has 184 valence electrons. The van der Waals surface area contributed by atoms with Crippen molar-refractivity contribution in [3.63, 3.8) is 0 Å². The van der Waals surface area contributed by atoms with Gasteiger partial charge in [0, 0.05) is 37.0 Å². The highest BCUT2D eigenvalue weighted by Crippen LogP contribution is 2.36. The molecule has 1 aliphatic heterocycles. The average Bonchev–Trinajstić information content (AvgIpc) is 3.48. The predicted molar refractivity (Wildman–Crippen MR) is 134 cm³/mol. The number of nitriles is 1. The monoisotopic (exact) mass is 506 g/mol. The summed E-state index contributed by atoms with van der Waals surface area (Å²) < 4.78 is 38.8. The van der Waals surface area contributed by atoms with E-state index in [1.165, 1.54) is 23.5 Å². The number of fused-ring (bicyclic) bond motifs is 1. The number of nitrogens with zero attached hydrogens (tertiary/aromatic N) is 4. The van der Waals surface area contributed by atoms with Crippen molar-refractivity contribution in [1.29, 1.82) is 5.26 Å². The number of amides is 1. The molecule has 1 aromatic carbocycles. The zero-order valence-electron chi connectivity index (χ0n) is 19.9. The van der Waals surface area contributed by atoms with Gasteiger partial charge in [-0.15, -0.1) is 11.3 Å². The van der Waals surface area contributed by atoms with Crippen molar-refractivity contribution in [3.05, 3.63) is 70.4 Å². The molecule has 0 N–H and O–H groups in total. The number of carbonyl (C=O) groups excluding carboxylic acids is 1. The van der Waals surface area contributed by atoms with Crippen molar-refractivity contribution in [2.24, 2.45) is 0 Å². The second-order valence-corrected chi connectivity index (χ2v) is 9.90. The molecule has 5 rings (SSSR count). The number of aryl methyl sites for hydroxylation is 1. The Bertz CT molecular complexity index is 1480. The van der Waals surface area contributed by atoms with E-state index in [4.69, 9.17) is 10.00 Å². The molecule has 0 radical (unpaired) electrons. The van der Waals surface area contributed by atoms with Gasteiger partial charge in [-0.25, -0.2) is 13.8 Å². The SMILES string of the molecule is CCC(=O)N1CCOC(Cc2c(-c3c(F)cc(-c4ccc(C#N)s4)cc3F)nc3cc(C)ccn23)C1. The average molecular weight is 507 g/mol. The maximum atomic E-state index is 15.5. The summed E-state index contributed by atoms with van der Waals surface area (Å²) in [5.41, 5.74) is 2.55. The van der Waals surface area contributed by atoms with Gasteiger partial charge in [-0.3, -0.25) is 4.79 Å². The first-order chi connectivity index (χ1) is 17.4. The zero-order valence-corrected chi connectivity index (χ0v) is 20.7. The van der Waals surface area contributed by atoms with Crippen LogP contribution >= 0.6 is 11.3 Å². The van der Waals surface area contributed by atoms with Crippen molar-refractivity contribution in [2.45, 2.75) is 32.8 Å². The molecule has 1 amide bonds. The topological polar surface area (TPSA) is 70.6 Å². The van der Waals surface area contributed by atoms with E-state index in [0.29, 0.717) is 59.2 Å². The van der Waals surface area contributed by atoms with E-state index in [1.54, 1.807) is 17.0 Å². The zero-order chi connectivity index (χ0) is 25.4. The Morgan fingerprint density at radius 3 is 2.72 bits per heavy atom. The molecule has 3 aromatic heterocycles. The Balaban J connectivity index is 1.58. The summed E-state index contributed by atoms with van der Waals surface area (Å²) >= 11 is 1.18. The predicted octanol–water partition coefficient (Wildman–Crippen LogP) is 5.37. The number of aromatic nitrogens is 2. The van der Waals surface area contributed by atoms with Crippen molar-refractivity contribution >= 4 is 22.9 Å². The number of pyridine rings is 1. The summed E-state index contributed by atoms with van der Waals surface area (Å²) in [5.74, 6) is -1.41. The van der Waals surface area contributed by atoms with E-state index >= 15 is 8.78 Å². The van der Waals surface area contributed by atoms with Crippen LogP contribution in [0.25, 0.3) is 27.3 Å². The Morgan fingerprint density at radius 2 is 2.03 bits per heavy atom. The third-order valence-corrected chi connectivity index (χ3v) is 7.41. The molecule has 0 saturated carbocycles. The van der Waals surface area contributed by atoms with Gasteiger partial charge < -0.3 is 14.0 Å². The van der Waals surface area contributed by atoms with Crippen LogP contribution in [0.2, 0.25) is 0 Å². The van der Waals surface area contributed by atoms with Gasteiger partial charge in [-0.2, -0.15) is 5.26 Å². The van der Waals surface area contributed by atoms with Crippen LogP contribution in [-0.4, -0.2) is 46.0 Å². The maximum Gasteiger partial charge on any atom is 0.222 e. The molecule has 4 aromatic rings. The van der Waals surface area contributed by atoms with Crippen LogP contribution in [0.5, 0.6) is 0 Å². The number of morpholine rings is 1. The molecule has 1 atom stereocenters. The number of halogens is 2. The van der Waals surface area contributed by atoms with E-state index in [1.807, 2.05) is 42.6 Å². The highest BCUT2D eigenvalue weighted by Gasteiger charge is 2.28. The first-order valence-corrected chi connectivity index (χ1v) is 12.6. The first-order valence-electron chi connectivity index (χ1n) is 11.7. The van der Waals surface area contributed by atoms with Crippen LogP contribution in [-0.2, 0) is 16.0 Å². The van der Waals surface area contributed by atoms with Crippen molar-refractivity contribution in [3.8, 4) is 27.8 Å². The summed E-state index contributed by atoms with van der Waals surface area (Å²) in [7, 11) is 0. The molecule has 1 fully saturated rings. The molecule has 0 spiro atoms. The number of rotatable bonds is 5. The van der Waals surface area contributed by atoms with Crippen LogP contribution in [0.3, 0.4) is 0 Å². The van der Waals surface area contributed by atoms with E-state index in [-0.39, 0.29) is 23.3 Å². The minimum Gasteiger partial charge on any atom is -0.374 e. The van der Waals surface area contributed by atoms with E-state index < -0.39 is 11.6 Å². The second kappa shape index (κ2) is 9.80. The van der Waals surface area contributed by atoms with Crippen molar-refractivity contribution in [2.75, 3.05) is 19.7 Å². The van der Waals surface area contributed by atoms with Gasteiger partial charge in [0.2, 0.25) is 5.91 Å². The first kappa shape index (κ1) is 24.1. The van der Waals surface area contributed by atoms with E-state index in [2.05, 4.69) is 4.98 Å². The van der Waals surface area contributed by atoms with E-state index in [0.717, 1.165) is 5.56 Å². The smallest absolute Gasteiger partial charge is 0.222 e. The molecule has 4 heterocycles. The Labute approximate surface area is 211 Å². The lowest BCUT2D eigenvalue weighted by atomic mass is 10.0. The second-order valence-electron chi connectivity index (χ2n) is 8.82.